The van der Waals surface area contributed by atoms with Gasteiger partial charge in [-0.3, -0.25) is 0 Å². The number of fused-ring (bicyclic) bond motifs is 1. The largest absolute Gasteiger partial charge is 0.376 e. The summed E-state index contributed by atoms with van der Waals surface area (Å²) in [6.07, 6.45) is 6.91. The maximum absolute atomic E-state index is 6.13. The Labute approximate surface area is 110 Å². The molecule has 2 aliphatic rings. The summed E-state index contributed by atoms with van der Waals surface area (Å²) in [5.41, 5.74) is 2.87. The van der Waals surface area contributed by atoms with Crippen molar-refractivity contribution in [2.45, 2.75) is 44.2 Å². The highest BCUT2D eigenvalue weighted by molar-refractivity contribution is 5.36. The van der Waals surface area contributed by atoms with Crippen molar-refractivity contribution < 1.29 is 4.74 Å². The maximum Gasteiger partial charge on any atom is 0.0810 e. The summed E-state index contributed by atoms with van der Waals surface area (Å²) >= 11 is 0. The average Bonchev–Trinajstić information content (AvgIpc) is 2.69. The number of nitrogens with one attached hydrogen (secondary N) is 1. The average molecular weight is 245 g/mol. The summed E-state index contributed by atoms with van der Waals surface area (Å²) in [5, 5.41) is 3.41. The molecule has 2 unspecified atom stereocenters. The Bertz CT molecular complexity index is 400. The van der Waals surface area contributed by atoms with Gasteiger partial charge in [-0.1, -0.05) is 43.5 Å². The van der Waals surface area contributed by atoms with Crippen LogP contribution in [0.5, 0.6) is 0 Å². The quantitative estimate of drug-likeness (QED) is 0.860. The zero-order valence-electron chi connectivity index (χ0n) is 11.2. The van der Waals surface area contributed by atoms with E-state index in [1.54, 1.807) is 0 Å². The van der Waals surface area contributed by atoms with Gasteiger partial charge in [0.15, 0.2) is 0 Å². The molecule has 0 amide bonds. The van der Waals surface area contributed by atoms with Crippen LogP contribution in [0.15, 0.2) is 24.3 Å². The maximum atomic E-state index is 6.13. The van der Waals surface area contributed by atoms with Crippen LogP contribution in [-0.2, 0) is 11.2 Å². The van der Waals surface area contributed by atoms with Crippen molar-refractivity contribution in [1.82, 2.24) is 5.32 Å². The van der Waals surface area contributed by atoms with Gasteiger partial charge in [-0.2, -0.15) is 0 Å². The monoisotopic (exact) mass is 245 g/mol. The van der Waals surface area contributed by atoms with Crippen LogP contribution >= 0.6 is 0 Å². The Morgan fingerprint density at radius 3 is 2.83 bits per heavy atom. The second kappa shape index (κ2) is 5.41. The molecule has 0 bridgehead atoms. The highest BCUT2D eigenvalue weighted by Crippen LogP contribution is 2.34. The Morgan fingerprint density at radius 2 is 2.11 bits per heavy atom. The molecule has 2 nitrogen and oxygen atoms in total. The van der Waals surface area contributed by atoms with E-state index in [0.29, 0.717) is 12.1 Å². The molecule has 3 rings (SSSR count). The van der Waals surface area contributed by atoms with Gasteiger partial charge in [0.05, 0.1) is 12.1 Å². The third kappa shape index (κ3) is 2.32. The van der Waals surface area contributed by atoms with Crippen molar-refractivity contribution in [1.29, 1.82) is 0 Å². The number of rotatable bonds is 5. The zero-order chi connectivity index (χ0) is 12.4. The second-order valence-electron chi connectivity index (χ2n) is 5.66. The van der Waals surface area contributed by atoms with Crippen LogP contribution in [0.2, 0.25) is 0 Å². The van der Waals surface area contributed by atoms with Crippen LogP contribution in [0.25, 0.3) is 0 Å². The predicted molar refractivity (Wildman–Crippen MR) is 73.6 cm³/mol. The standard InChI is InChI=1S/C16H23NO/c1-17-16-14-8-3-2-7-13(14)11-15(16)18-10-9-12-5-4-6-12/h2-3,7-8,12,15-17H,4-6,9-11H2,1H3. The molecular weight excluding hydrogens is 222 g/mol. The normalized spacial score (nSPS) is 26.9. The molecule has 18 heavy (non-hydrogen) atoms. The Kier molecular flexibility index (Phi) is 3.67. The van der Waals surface area contributed by atoms with Crippen LogP contribution in [0.1, 0.15) is 42.9 Å². The first-order valence-electron chi connectivity index (χ1n) is 7.25. The molecule has 1 N–H and O–H groups in total. The molecule has 2 heteroatoms. The molecule has 0 aliphatic heterocycles. The summed E-state index contributed by atoms with van der Waals surface area (Å²) in [6.45, 7) is 0.932. The van der Waals surface area contributed by atoms with Gasteiger partial charge in [0.1, 0.15) is 0 Å². The van der Waals surface area contributed by atoms with E-state index in [1.807, 2.05) is 7.05 Å². The molecule has 0 heterocycles. The first kappa shape index (κ1) is 12.2. The molecule has 0 radical (unpaired) electrons. The van der Waals surface area contributed by atoms with Crippen LogP contribution in [0, 0.1) is 5.92 Å². The first-order chi connectivity index (χ1) is 8.88. The Morgan fingerprint density at radius 1 is 1.28 bits per heavy atom. The molecule has 2 aliphatic carbocycles. The van der Waals surface area contributed by atoms with Crippen molar-refractivity contribution in [2.24, 2.45) is 5.92 Å². The van der Waals surface area contributed by atoms with Gasteiger partial charge in [0.25, 0.3) is 0 Å². The molecule has 1 saturated carbocycles. The number of hydrogen-bond acceptors (Lipinski definition) is 2. The third-order valence-electron chi connectivity index (χ3n) is 4.58. The molecule has 1 fully saturated rings. The lowest BCUT2D eigenvalue weighted by Crippen LogP contribution is -2.29. The van der Waals surface area contributed by atoms with Crippen LogP contribution < -0.4 is 5.32 Å². The van der Waals surface area contributed by atoms with Gasteiger partial charge in [0.2, 0.25) is 0 Å². The van der Waals surface area contributed by atoms with E-state index in [1.165, 1.54) is 36.8 Å². The highest BCUT2D eigenvalue weighted by Gasteiger charge is 2.31. The van der Waals surface area contributed by atoms with E-state index in [9.17, 15) is 0 Å². The second-order valence-corrected chi connectivity index (χ2v) is 5.66. The fraction of sp³-hybridized carbons (Fsp3) is 0.625. The summed E-state index contributed by atoms with van der Waals surface area (Å²) in [6, 6.07) is 9.09. The van der Waals surface area contributed by atoms with E-state index >= 15 is 0 Å². The van der Waals surface area contributed by atoms with Gasteiger partial charge in [-0.15, -0.1) is 0 Å². The zero-order valence-corrected chi connectivity index (χ0v) is 11.2. The fourth-order valence-corrected chi connectivity index (χ4v) is 3.22. The molecule has 0 spiro atoms. The number of benzene rings is 1. The summed E-state index contributed by atoms with van der Waals surface area (Å²) < 4.78 is 6.13. The summed E-state index contributed by atoms with van der Waals surface area (Å²) in [5.74, 6) is 0.946. The molecular formula is C16H23NO. The lowest BCUT2D eigenvalue weighted by atomic mass is 9.83. The predicted octanol–water partition coefficient (Wildman–Crippen LogP) is 3.08. The molecule has 2 atom stereocenters. The molecule has 0 saturated heterocycles. The van der Waals surface area contributed by atoms with Crippen molar-refractivity contribution in [2.75, 3.05) is 13.7 Å². The number of likely N-dealkylation sites (N-methyl/N-ethyl adjacent to an activating group) is 1. The van der Waals surface area contributed by atoms with Crippen molar-refractivity contribution in [3.8, 4) is 0 Å². The van der Waals surface area contributed by atoms with Gasteiger partial charge in [0, 0.05) is 13.0 Å². The highest BCUT2D eigenvalue weighted by atomic mass is 16.5. The lowest BCUT2D eigenvalue weighted by molar-refractivity contribution is 0.0233. The van der Waals surface area contributed by atoms with E-state index in [0.717, 1.165) is 18.9 Å². The molecule has 0 aromatic heterocycles. The molecule has 1 aromatic carbocycles. The van der Waals surface area contributed by atoms with E-state index in [4.69, 9.17) is 4.74 Å². The Hall–Kier alpha value is -0.860. The smallest absolute Gasteiger partial charge is 0.0810 e. The minimum absolute atomic E-state index is 0.326. The SMILES string of the molecule is CNC1c2ccccc2CC1OCCC1CCC1. The minimum atomic E-state index is 0.326. The summed E-state index contributed by atoms with van der Waals surface area (Å²) in [7, 11) is 2.04. The molecule has 98 valence electrons. The van der Waals surface area contributed by atoms with E-state index in [-0.39, 0.29) is 0 Å². The lowest BCUT2D eigenvalue weighted by Gasteiger charge is -2.27. The van der Waals surface area contributed by atoms with Crippen LogP contribution in [0.4, 0.5) is 0 Å². The van der Waals surface area contributed by atoms with Crippen molar-refractivity contribution in [3.63, 3.8) is 0 Å². The van der Waals surface area contributed by atoms with E-state index < -0.39 is 0 Å². The van der Waals surface area contributed by atoms with E-state index in [2.05, 4.69) is 29.6 Å². The fourth-order valence-electron chi connectivity index (χ4n) is 3.22. The number of ether oxygens (including phenoxy) is 1. The third-order valence-corrected chi connectivity index (χ3v) is 4.58. The topological polar surface area (TPSA) is 21.3 Å². The minimum Gasteiger partial charge on any atom is -0.376 e. The van der Waals surface area contributed by atoms with Crippen LogP contribution in [0.3, 0.4) is 0 Å². The van der Waals surface area contributed by atoms with Gasteiger partial charge in [-0.05, 0) is 30.5 Å². The van der Waals surface area contributed by atoms with Crippen LogP contribution in [-0.4, -0.2) is 19.8 Å². The van der Waals surface area contributed by atoms with Gasteiger partial charge < -0.3 is 10.1 Å². The molecule has 1 aromatic rings. The Balaban J connectivity index is 1.56. The van der Waals surface area contributed by atoms with Gasteiger partial charge in [-0.25, -0.2) is 0 Å². The van der Waals surface area contributed by atoms with Gasteiger partial charge >= 0.3 is 0 Å². The van der Waals surface area contributed by atoms with Crippen molar-refractivity contribution >= 4 is 0 Å². The first-order valence-corrected chi connectivity index (χ1v) is 7.25. The summed E-state index contributed by atoms with van der Waals surface area (Å²) in [4.78, 5) is 0. The van der Waals surface area contributed by atoms with Crippen molar-refractivity contribution in [3.05, 3.63) is 35.4 Å². The number of hydrogen-bond donors (Lipinski definition) is 1.